The second-order valence-electron chi connectivity index (χ2n) is 10.1. The fraction of sp³-hybridized carbons (Fsp3) is 0.333. The van der Waals surface area contributed by atoms with Crippen LogP contribution >= 0.6 is 0 Å². The van der Waals surface area contributed by atoms with Crippen molar-refractivity contribution in [2.24, 2.45) is 0 Å². The first-order chi connectivity index (χ1) is 19.6. The normalized spacial score (nSPS) is 12.5. The molecule has 0 N–H and O–H groups in total. The molecule has 1 aliphatic rings. The Hall–Kier alpha value is -4.10. The van der Waals surface area contributed by atoms with Crippen molar-refractivity contribution in [3.63, 3.8) is 0 Å². The molecular weight excluding hydrogens is 502 g/mol. The smallest absolute Gasteiger partial charge is 0.309 e. The van der Waals surface area contributed by atoms with Gasteiger partial charge in [-0.1, -0.05) is 74.0 Å². The molecule has 0 atom stereocenters. The third-order valence-electron chi connectivity index (χ3n) is 7.11. The second-order valence-corrected chi connectivity index (χ2v) is 10.1. The van der Waals surface area contributed by atoms with Crippen molar-refractivity contribution in [1.29, 1.82) is 0 Å². The van der Waals surface area contributed by atoms with Crippen molar-refractivity contribution in [2.45, 2.75) is 52.4 Å². The lowest BCUT2D eigenvalue weighted by Crippen LogP contribution is -2.24. The molecule has 208 valence electrons. The number of ether oxygens (including phenoxy) is 3. The van der Waals surface area contributed by atoms with Crippen LogP contribution in [0.5, 0.6) is 11.5 Å². The fourth-order valence-electron chi connectivity index (χ4n) is 5.02. The Bertz CT molecular complexity index is 1400. The second kappa shape index (κ2) is 13.3. The Balaban J connectivity index is 1.42. The van der Waals surface area contributed by atoms with Gasteiger partial charge in [0.15, 0.2) is 11.5 Å². The zero-order valence-corrected chi connectivity index (χ0v) is 23.3. The lowest BCUT2D eigenvalue weighted by molar-refractivity contribution is -0.139. The minimum atomic E-state index is -0.234. The van der Waals surface area contributed by atoms with Crippen LogP contribution in [0, 0.1) is 0 Å². The summed E-state index contributed by atoms with van der Waals surface area (Å²) in [5.74, 6) is 2.38. The molecule has 0 unspecified atom stereocenters. The van der Waals surface area contributed by atoms with Gasteiger partial charge in [0.1, 0.15) is 19.0 Å². The van der Waals surface area contributed by atoms with Crippen LogP contribution in [0.15, 0.2) is 79.0 Å². The number of imidazole rings is 1. The summed E-state index contributed by atoms with van der Waals surface area (Å²) in [7, 11) is 1.42. The average molecular weight is 540 g/mol. The van der Waals surface area contributed by atoms with Crippen LogP contribution in [0.1, 0.15) is 42.1 Å². The zero-order valence-electron chi connectivity index (χ0n) is 23.3. The Morgan fingerprint density at radius 3 is 2.35 bits per heavy atom. The molecule has 0 fully saturated rings. The summed E-state index contributed by atoms with van der Waals surface area (Å²) in [6.45, 7) is 6.51. The van der Waals surface area contributed by atoms with Gasteiger partial charge in [0.05, 0.1) is 25.4 Å². The summed E-state index contributed by atoms with van der Waals surface area (Å²) in [4.78, 5) is 19.0. The Morgan fingerprint density at radius 2 is 1.60 bits per heavy atom. The minimum Gasteiger partial charge on any atom is -0.486 e. The number of rotatable bonds is 12. The maximum atomic E-state index is 11.7. The van der Waals surface area contributed by atoms with Gasteiger partial charge in [0.2, 0.25) is 0 Å². The first-order valence-electron chi connectivity index (χ1n) is 14.0. The van der Waals surface area contributed by atoms with Crippen molar-refractivity contribution in [3.05, 3.63) is 101 Å². The van der Waals surface area contributed by atoms with Gasteiger partial charge in [-0.25, -0.2) is 4.98 Å². The highest BCUT2D eigenvalue weighted by atomic mass is 16.6. The van der Waals surface area contributed by atoms with Gasteiger partial charge in [0.25, 0.3) is 0 Å². The highest BCUT2D eigenvalue weighted by Crippen LogP contribution is 2.31. The fourth-order valence-corrected chi connectivity index (χ4v) is 5.02. The summed E-state index contributed by atoms with van der Waals surface area (Å²) in [6.07, 6.45) is 4.50. The van der Waals surface area contributed by atoms with E-state index in [2.05, 4.69) is 64.9 Å². The first-order valence-corrected chi connectivity index (χ1v) is 14.0. The van der Waals surface area contributed by atoms with Gasteiger partial charge in [-0.3, -0.25) is 9.69 Å². The molecule has 40 heavy (non-hydrogen) atoms. The molecule has 0 radical (unpaired) electrons. The van der Waals surface area contributed by atoms with Crippen LogP contribution in [0.3, 0.4) is 0 Å². The topological polar surface area (TPSA) is 65.8 Å². The summed E-state index contributed by atoms with van der Waals surface area (Å²) in [5, 5.41) is 0. The van der Waals surface area contributed by atoms with Crippen molar-refractivity contribution < 1.29 is 19.0 Å². The molecule has 0 amide bonds. The SMILES string of the molecule is CCCCn1c(CN(Cc2ccc(CC(=O)OC)cc2)Cc2ccc3c(c2)OCCO3)cnc1-c1ccccc1. The number of aromatic nitrogens is 2. The van der Waals surface area contributed by atoms with Gasteiger partial charge >= 0.3 is 5.97 Å². The van der Waals surface area contributed by atoms with Crippen molar-refractivity contribution >= 4 is 5.97 Å². The van der Waals surface area contributed by atoms with E-state index in [0.717, 1.165) is 73.0 Å². The van der Waals surface area contributed by atoms with Gasteiger partial charge in [-0.15, -0.1) is 0 Å². The van der Waals surface area contributed by atoms with Crippen LogP contribution in [0.2, 0.25) is 0 Å². The molecule has 2 heterocycles. The molecule has 7 nitrogen and oxygen atoms in total. The molecule has 1 aromatic heterocycles. The van der Waals surface area contributed by atoms with Crippen molar-refractivity contribution in [1.82, 2.24) is 14.5 Å². The number of carbonyl (C=O) groups is 1. The lowest BCUT2D eigenvalue weighted by atomic mass is 10.1. The van der Waals surface area contributed by atoms with E-state index in [-0.39, 0.29) is 12.4 Å². The summed E-state index contributed by atoms with van der Waals surface area (Å²) < 4.78 is 18.8. The third kappa shape index (κ3) is 6.90. The van der Waals surface area contributed by atoms with Gasteiger partial charge < -0.3 is 18.8 Å². The highest BCUT2D eigenvalue weighted by molar-refractivity contribution is 5.72. The number of carbonyl (C=O) groups excluding carboxylic acids is 1. The van der Waals surface area contributed by atoms with E-state index in [1.54, 1.807) is 0 Å². The van der Waals surface area contributed by atoms with E-state index >= 15 is 0 Å². The van der Waals surface area contributed by atoms with E-state index < -0.39 is 0 Å². The average Bonchev–Trinajstić information content (AvgIpc) is 3.39. The third-order valence-corrected chi connectivity index (χ3v) is 7.11. The molecule has 0 saturated carbocycles. The van der Waals surface area contributed by atoms with Gasteiger partial charge in [-0.05, 0) is 35.2 Å². The van der Waals surface area contributed by atoms with E-state index in [1.165, 1.54) is 18.4 Å². The number of fused-ring (bicyclic) bond motifs is 1. The molecule has 4 aromatic rings. The van der Waals surface area contributed by atoms with Crippen LogP contribution < -0.4 is 9.47 Å². The Morgan fingerprint density at radius 1 is 0.900 bits per heavy atom. The lowest BCUT2D eigenvalue weighted by Gasteiger charge is -2.25. The van der Waals surface area contributed by atoms with Crippen LogP contribution in [-0.4, -0.2) is 40.7 Å². The van der Waals surface area contributed by atoms with Crippen LogP contribution in [0.25, 0.3) is 11.4 Å². The number of methoxy groups -OCH3 is 1. The number of hydrogen-bond acceptors (Lipinski definition) is 6. The maximum Gasteiger partial charge on any atom is 0.309 e. The van der Waals surface area contributed by atoms with Gasteiger partial charge in [-0.2, -0.15) is 0 Å². The van der Waals surface area contributed by atoms with Crippen LogP contribution in [-0.2, 0) is 42.1 Å². The molecule has 7 heteroatoms. The number of hydrogen-bond donors (Lipinski definition) is 0. The van der Waals surface area contributed by atoms with Crippen molar-refractivity contribution in [2.75, 3.05) is 20.3 Å². The molecule has 0 saturated heterocycles. The molecular formula is C33H37N3O4. The Kier molecular flexibility index (Phi) is 9.14. The summed E-state index contributed by atoms with van der Waals surface area (Å²) in [5.41, 5.74) is 5.60. The predicted octanol–water partition coefficient (Wildman–Crippen LogP) is 6.04. The van der Waals surface area contributed by atoms with E-state index in [0.29, 0.717) is 13.2 Å². The number of unbranched alkanes of at least 4 members (excludes halogenated alkanes) is 1. The standard InChI is InChI=1S/C33H37N3O4/c1-3-4-16-36-29(21-34-33(36)28-8-6-5-7-9-28)24-35(22-26-12-10-25(11-13-26)20-32(37)38-2)23-27-14-15-30-31(19-27)40-18-17-39-30/h5-15,19,21H,3-4,16-18,20,22-24H2,1-2H3. The molecule has 0 aliphatic carbocycles. The van der Waals surface area contributed by atoms with E-state index in [9.17, 15) is 4.79 Å². The summed E-state index contributed by atoms with van der Waals surface area (Å²) >= 11 is 0. The minimum absolute atomic E-state index is 0.234. The maximum absolute atomic E-state index is 11.7. The highest BCUT2D eigenvalue weighted by Gasteiger charge is 2.18. The van der Waals surface area contributed by atoms with E-state index in [1.807, 2.05) is 30.5 Å². The Labute approximate surface area is 236 Å². The van der Waals surface area contributed by atoms with Crippen molar-refractivity contribution in [3.8, 4) is 22.9 Å². The molecule has 5 rings (SSSR count). The van der Waals surface area contributed by atoms with E-state index in [4.69, 9.17) is 19.2 Å². The molecule has 0 bridgehead atoms. The van der Waals surface area contributed by atoms with Gasteiger partial charge in [0, 0.05) is 31.7 Å². The zero-order chi connectivity index (χ0) is 27.7. The first kappa shape index (κ1) is 27.5. The predicted molar refractivity (Wildman–Crippen MR) is 155 cm³/mol. The summed E-state index contributed by atoms with van der Waals surface area (Å²) in [6, 6.07) is 24.8. The van der Waals surface area contributed by atoms with Crippen LogP contribution in [0.4, 0.5) is 0 Å². The monoisotopic (exact) mass is 539 g/mol. The number of esters is 1. The number of nitrogens with zero attached hydrogens (tertiary/aromatic N) is 3. The quantitative estimate of drug-likeness (QED) is 0.205. The molecule has 0 spiro atoms. The largest absolute Gasteiger partial charge is 0.486 e. The number of benzene rings is 3. The molecule has 1 aliphatic heterocycles. The molecule has 3 aromatic carbocycles.